The maximum absolute atomic E-state index is 9.87. The zero-order valence-electron chi connectivity index (χ0n) is 11.0. The topological polar surface area (TPSA) is 169 Å². The zero-order chi connectivity index (χ0) is 15.7. The maximum atomic E-state index is 9.87. The lowest BCUT2D eigenvalue weighted by Gasteiger charge is -2.43. The summed E-state index contributed by atoms with van der Waals surface area (Å²) in [6, 6.07) is 0. The quantitative estimate of drug-likeness (QED) is 0.268. The molecule has 7 N–H and O–H groups in total. The minimum atomic E-state index is -1.68. The van der Waals surface area contributed by atoms with Crippen molar-refractivity contribution < 1.29 is 50.0 Å². The summed E-state index contributed by atoms with van der Waals surface area (Å²) in [4.78, 5) is 0. The molecule has 0 amide bonds. The van der Waals surface area contributed by atoms with E-state index >= 15 is 0 Å². The van der Waals surface area contributed by atoms with E-state index in [1.807, 2.05) is 0 Å². The molecule has 2 fully saturated rings. The molecule has 0 spiro atoms. The SMILES string of the molecule is OC[C@H]1O[C@@H](O)[C@H](O[C@@H]2OC[C@@H](O)[C@H](O)[C@H]2O)[C@@H](O)[C@@H]1O. The van der Waals surface area contributed by atoms with Gasteiger partial charge in [-0.05, 0) is 0 Å². The minimum absolute atomic E-state index is 0.315. The van der Waals surface area contributed by atoms with Crippen LogP contribution in [0, 0.1) is 0 Å². The molecule has 0 radical (unpaired) electrons. The van der Waals surface area contributed by atoms with Gasteiger partial charge in [-0.25, -0.2) is 0 Å². The smallest absolute Gasteiger partial charge is 0.186 e. The lowest BCUT2D eigenvalue weighted by molar-refractivity contribution is -0.349. The highest BCUT2D eigenvalue weighted by atomic mass is 16.7. The molecule has 2 aliphatic heterocycles. The van der Waals surface area contributed by atoms with Crippen molar-refractivity contribution in [2.75, 3.05) is 13.2 Å². The van der Waals surface area contributed by atoms with Gasteiger partial charge in [-0.1, -0.05) is 0 Å². The van der Waals surface area contributed by atoms with Gasteiger partial charge in [0.05, 0.1) is 13.2 Å². The first-order valence-corrected chi connectivity index (χ1v) is 6.48. The third-order valence-electron chi connectivity index (χ3n) is 3.59. The number of rotatable bonds is 3. The summed E-state index contributed by atoms with van der Waals surface area (Å²) in [5.41, 5.74) is 0. The Kier molecular flexibility index (Phi) is 5.48. The molecular formula is C11H20O10. The predicted molar refractivity (Wildman–Crippen MR) is 62.6 cm³/mol. The van der Waals surface area contributed by atoms with E-state index in [-0.39, 0.29) is 6.61 Å². The average Bonchev–Trinajstić information content (AvgIpc) is 2.47. The fourth-order valence-electron chi connectivity index (χ4n) is 2.27. The van der Waals surface area contributed by atoms with Crippen LogP contribution in [0.1, 0.15) is 0 Å². The van der Waals surface area contributed by atoms with E-state index in [0.29, 0.717) is 0 Å². The standard InChI is InChI=1S/C11H20O10/c12-1-4-6(15)7(16)9(10(18)20-4)21-11-8(17)5(14)3(13)2-19-11/h3-18H,1-2H2/t3-,4-,5+,6-,7+,8-,9-,10-,11+/m1/s1. The fraction of sp³-hybridized carbons (Fsp3) is 1.00. The molecule has 2 rings (SSSR count). The normalized spacial score (nSPS) is 51.9. The first kappa shape index (κ1) is 17.0. The van der Waals surface area contributed by atoms with Crippen molar-refractivity contribution in [1.29, 1.82) is 0 Å². The van der Waals surface area contributed by atoms with E-state index in [9.17, 15) is 30.6 Å². The fourth-order valence-corrected chi connectivity index (χ4v) is 2.27. The van der Waals surface area contributed by atoms with Crippen molar-refractivity contribution in [3.8, 4) is 0 Å². The van der Waals surface area contributed by atoms with Crippen LogP contribution in [0.25, 0.3) is 0 Å². The van der Waals surface area contributed by atoms with Crippen LogP contribution >= 0.6 is 0 Å². The Balaban J connectivity index is 2.01. The Bertz CT molecular complexity index is 341. The molecule has 2 saturated heterocycles. The van der Waals surface area contributed by atoms with Gasteiger partial charge in [0.1, 0.15) is 42.7 Å². The molecular weight excluding hydrogens is 292 g/mol. The second-order valence-electron chi connectivity index (χ2n) is 5.08. The molecule has 0 aromatic heterocycles. The zero-order valence-corrected chi connectivity index (χ0v) is 11.0. The number of ether oxygens (including phenoxy) is 3. The van der Waals surface area contributed by atoms with E-state index in [0.717, 1.165) is 0 Å². The number of aliphatic hydroxyl groups is 7. The lowest BCUT2D eigenvalue weighted by atomic mass is 9.98. The Morgan fingerprint density at radius 3 is 2.19 bits per heavy atom. The van der Waals surface area contributed by atoms with Gasteiger partial charge in [-0.3, -0.25) is 0 Å². The van der Waals surface area contributed by atoms with E-state index < -0.39 is 61.9 Å². The van der Waals surface area contributed by atoms with Gasteiger partial charge in [-0.15, -0.1) is 0 Å². The number of aliphatic hydroxyl groups excluding tert-OH is 7. The van der Waals surface area contributed by atoms with Crippen LogP contribution in [0.4, 0.5) is 0 Å². The van der Waals surface area contributed by atoms with Crippen LogP contribution in [0.15, 0.2) is 0 Å². The van der Waals surface area contributed by atoms with Gasteiger partial charge in [-0.2, -0.15) is 0 Å². The van der Waals surface area contributed by atoms with E-state index in [2.05, 4.69) is 0 Å². The van der Waals surface area contributed by atoms with Crippen LogP contribution in [0.3, 0.4) is 0 Å². The Labute approximate surface area is 119 Å². The maximum Gasteiger partial charge on any atom is 0.186 e. The second kappa shape index (κ2) is 6.79. The van der Waals surface area contributed by atoms with Crippen molar-refractivity contribution >= 4 is 0 Å². The molecule has 10 heteroatoms. The van der Waals surface area contributed by atoms with Gasteiger partial charge in [0, 0.05) is 0 Å². The van der Waals surface area contributed by atoms with Crippen LogP contribution in [0.2, 0.25) is 0 Å². The van der Waals surface area contributed by atoms with Crippen molar-refractivity contribution in [3.05, 3.63) is 0 Å². The predicted octanol–water partition coefficient (Wildman–Crippen LogP) is -4.76. The highest BCUT2D eigenvalue weighted by Crippen LogP contribution is 2.26. The molecule has 0 aliphatic carbocycles. The molecule has 2 heterocycles. The van der Waals surface area contributed by atoms with Crippen molar-refractivity contribution in [2.45, 2.75) is 55.3 Å². The van der Waals surface area contributed by atoms with E-state index in [1.54, 1.807) is 0 Å². The van der Waals surface area contributed by atoms with Crippen molar-refractivity contribution in [3.63, 3.8) is 0 Å². The highest BCUT2D eigenvalue weighted by Gasteiger charge is 2.48. The van der Waals surface area contributed by atoms with E-state index in [4.69, 9.17) is 19.3 Å². The molecule has 10 nitrogen and oxygen atoms in total. The van der Waals surface area contributed by atoms with Crippen LogP contribution in [0.5, 0.6) is 0 Å². The summed E-state index contributed by atoms with van der Waals surface area (Å²) in [6.45, 7) is -0.931. The van der Waals surface area contributed by atoms with Gasteiger partial charge < -0.3 is 50.0 Å². The molecule has 9 atom stereocenters. The Morgan fingerprint density at radius 1 is 0.905 bits per heavy atom. The van der Waals surface area contributed by atoms with Crippen LogP contribution in [-0.4, -0.2) is 104 Å². The number of hydrogen-bond donors (Lipinski definition) is 7. The second-order valence-corrected chi connectivity index (χ2v) is 5.08. The average molecular weight is 312 g/mol. The van der Waals surface area contributed by atoms with Gasteiger partial charge in [0.25, 0.3) is 0 Å². The molecule has 2 aliphatic rings. The molecule has 21 heavy (non-hydrogen) atoms. The molecule has 0 unspecified atom stereocenters. The van der Waals surface area contributed by atoms with Crippen LogP contribution < -0.4 is 0 Å². The third-order valence-corrected chi connectivity index (χ3v) is 3.59. The molecule has 0 bridgehead atoms. The molecule has 0 aromatic rings. The van der Waals surface area contributed by atoms with Gasteiger partial charge in [0.15, 0.2) is 12.6 Å². The Morgan fingerprint density at radius 2 is 1.57 bits per heavy atom. The lowest BCUT2D eigenvalue weighted by Crippen LogP contribution is -2.62. The summed E-state index contributed by atoms with van der Waals surface area (Å²) in [6.07, 6.45) is -13.3. The first-order chi connectivity index (χ1) is 9.86. The first-order valence-electron chi connectivity index (χ1n) is 6.48. The summed E-state index contributed by atoms with van der Waals surface area (Å²) in [7, 11) is 0. The number of hydrogen-bond acceptors (Lipinski definition) is 10. The van der Waals surface area contributed by atoms with Gasteiger partial charge >= 0.3 is 0 Å². The monoisotopic (exact) mass is 312 g/mol. The van der Waals surface area contributed by atoms with Gasteiger partial charge in [0.2, 0.25) is 0 Å². The summed E-state index contributed by atoms with van der Waals surface area (Å²) < 4.78 is 15.0. The molecule has 0 saturated carbocycles. The molecule has 124 valence electrons. The summed E-state index contributed by atoms with van der Waals surface area (Å²) in [5, 5.41) is 66.7. The Hall–Kier alpha value is -0.400. The largest absolute Gasteiger partial charge is 0.394 e. The van der Waals surface area contributed by atoms with Crippen LogP contribution in [-0.2, 0) is 14.2 Å². The van der Waals surface area contributed by atoms with Crippen molar-refractivity contribution in [1.82, 2.24) is 0 Å². The van der Waals surface area contributed by atoms with E-state index in [1.165, 1.54) is 0 Å². The highest BCUT2D eigenvalue weighted by molar-refractivity contribution is 4.91. The summed E-state index contributed by atoms with van der Waals surface area (Å²) in [5.74, 6) is 0. The summed E-state index contributed by atoms with van der Waals surface area (Å²) >= 11 is 0. The minimum Gasteiger partial charge on any atom is -0.394 e. The van der Waals surface area contributed by atoms with Crippen molar-refractivity contribution in [2.24, 2.45) is 0 Å². The molecule has 0 aromatic carbocycles. The third kappa shape index (κ3) is 3.35.